The molecule has 0 fully saturated rings. The van der Waals surface area contributed by atoms with Gasteiger partial charge in [-0.15, -0.1) is 0 Å². The van der Waals surface area contributed by atoms with E-state index in [1.54, 1.807) is 42.5 Å². The van der Waals surface area contributed by atoms with Gasteiger partial charge < -0.3 is 5.11 Å². The van der Waals surface area contributed by atoms with E-state index in [1.807, 2.05) is 0 Å². The maximum Gasteiger partial charge on any atom is 0.433 e. The van der Waals surface area contributed by atoms with Gasteiger partial charge in [0.1, 0.15) is 0 Å². The predicted octanol–water partition coefficient (Wildman–Crippen LogP) is 4.59. The summed E-state index contributed by atoms with van der Waals surface area (Å²) in [7, 11) is 0. The van der Waals surface area contributed by atoms with Gasteiger partial charge in [-0.1, -0.05) is 54.6 Å². The monoisotopic (exact) mass is 411 g/mol. The molecule has 150 valence electrons. The molecule has 2 aromatic heterocycles. The number of aldehydes is 1. The van der Waals surface area contributed by atoms with Gasteiger partial charge in [-0.25, -0.2) is 14.3 Å². The molecule has 0 atom stereocenters. The van der Waals surface area contributed by atoms with Crippen LogP contribution in [0.1, 0.15) is 26.5 Å². The van der Waals surface area contributed by atoms with E-state index in [-0.39, 0.29) is 28.0 Å². The normalized spacial score (nSPS) is 11.6. The number of nitrogens with zero attached hydrogens (tertiary/aromatic N) is 3. The van der Waals surface area contributed by atoms with Gasteiger partial charge in [0.15, 0.2) is 23.3 Å². The van der Waals surface area contributed by atoms with Crippen molar-refractivity contribution < 1.29 is 27.9 Å². The first kappa shape index (κ1) is 19.3. The molecule has 4 aromatic rings. The Hall–Kier alpha value is -4.01. The number of carboxylic acid groups (broad SMARTS) is 1. The van der Waals surface area contributed by atoms with Crippen LogP contribution in [0.15, 0.2) is 60.7 Å². The molecule has 2 aromatic carbocycles. The molecule has 4 rings (SSSR count). The Bertz CT molecular complexity index is 1280. The van der Waals surface area contributed by atoms with Crippen molar-refractivity contribution in [2.24, 2.45) is 0 Å². The van der Waals surface area contributed by atoms with Crippen molar-refractivity contribution >= 4 is 17.9 Å². The Morgan fingerprint density at radius 3 is 2.33 bits per heavy atom. The number of hydrogen-bond acceptors (Lipinski definition) is 4. The topological polar surface area (TPSA) is 84.6 Å². The van der Waals surface area contributed by atoms with Crippen LogP contribution in [0.4, 0.5) is 13.2 Å². The first-order valence-corrected chi connectivity index (χ1v) is 8.65. The molecule has 6 nitrogen and oxygen atoms in total. The van der Waals surface area contributed by atoms with E-state index in [9.17, 15) is 27.9 Å². The van der Waals surface area contributed by atoms with Crippen LogP contribution in [0.3, 0.4) is 0 Å². The highest BCUT2D eigenvalue weighted by atomic mass is 19.4. The number of carbonyl (C=O) groups is 2. The van der Waals surface area contributed by atoms with Crippen molar-refractivity contribution in [3.63, 3.8) is 0 Å². The number of carboxylic acids is 1. The maximum atomic E-state index is 13.8. The van der Waals surface area contributed by atoms with Crippen LogP contribution in [0, 0.1) is 0 Å². The van der Waals surface area contributed by atoms with Gasteiger partial charge >= 0.3 is 12.1 Å². The van der Waals surface area contributed by atoms with Crippen LogP contribution in [0.5, 0.6) is 0 Å². The fourth-order valence-corrected chi connectivity index (χ4v) is 3.20. The molecular weight excluding hydrogens is 399 g/mol. The molecule has 0 aliphatic carbocycles. The minimum absolute atomic E-state index is 0.00269. The smallest absolute Gasteiger partial charge is 0.433 e. The molecule has 0 saturated heterocycles. The molecule has 0 unspecified atom stereocenters. The minimum atomic E-state index is -4.83. The Labute approximate surface area is 167 Å². The summed E-state index contributed by atoms with van der Waals surface area (Å²) in [5.41, 5.74) is -1.63. The van der Waals surface area contributed by atoms with Gasteiger partial charge in [0.25, 0.3) is 0 Å². The number of aromatic nitrogens is 3. The van der Waals surface area contributed by atoms with E-state index >= 15 is 0 Å². The van der Waals surface area contributed by atoms with Crippen LogP contribution in [-0.2, 0) is 6.18 Å². The van der Waals surface area contributed by atoms with E-state index in [1.165, 1.54) is 12.1 Å². The molecule has 0 spiro atoms. The molecule has 30 heavy (non-hydrogen) atoms. The SMILES string of the molecule is O=Cc1ccccc1-c1c(C(=O)O)nn2c(C(F)(F)F)cc(-c3ccccc3)nc12. The van der Waals surface area contributed by atoms with Crippen LogP contribution in [-0.4, -0.2) is 32.0 Å². The Kier molecular flexibility index (Phi) is 4.57. The number of aromatic carboxylic acids is 1. The Morgan fingerprint density at radius 2 is 1.70 bits per heavy atom. The molecule has 0 bridgehead atoms. The van der Waals surface area contributed by atoms with Crippen molar-refractivity contribution in [2.45, 2.75) is 6.18 Å². The first-order chi connectivity index (χ1) is 14.3. The summed E-state index contributed by atoms with van der Waals surface area (Å²) in [6.45, 7) is 0. The molecule has 2 heterocycles. The van der Waals surface area contributed by atoms with Gasteiger partial charge in [0.2, 0.25) is 0 Å². The largest absolute Gasteiger partial charge is 0.476 e. The molecule has 0 amide bonds. The molecule has 0 saturated carbocycles. The second-order valence-corrected chi connectivity index (χ2v) is 6.36. The second kappa shape index (κ2) is 7.11. The number of halogens is 3. The summed E-state index contributed by atoms with van der Waals surface area (Å²) in [6, 6.07) is 15.0. The predicted molar refractivity (Wildman–Crippen MR) is 101 cm³/mol. The van der Waals surface area contributed by atoms with E-state index in [4.69, 9.17) is 0 Å². The minimum Gasteiger partial charge on any atom is -0.476 e. The van der Waals surface area contributed by atoms with Crippen LogP contribution >= 0.6 is 0 Å². The number of hydrogen-bond donors (Lipinski definition) is 1. The third kappa shape index (κ3) is 3.20. The summed E-state index contributed by atoms with van der Waals surface area (Å²) < 4.78 is 41.9. The lowest BCUT2D eigenvalue weighted by Gasteiger charge is -2.12. The third-order valence-electron chi connectivity index (χ3n) is 4.51. The van der Waals surface area contributed by atoms with Crippen LogP contribution in [0.25, 0.3) is 28.0 Å². The number of benzene rings is 2. The van der Waals surface area contributed by atoms with E-state index in [0.717, 1.165) is 6.07 Å². The first-order valence-electron chi connectivity index (χ1n) is 8.65. The number of alkyl halides is 3. The number of rotatable bonds is 4. The fourth-order valence-electron chi connectivity index (χ4n) is 3.20. The van der Waals surface area contributed by atoms with Crippen LogP contribution < -0.4 is 0 Å². The average molecular weight is 411 g/mol. The number of carbonyl (C=O) groups excluding carboxylic acids is 1. The molecule has 0 radical (unpaired) electrons. The average Bonchev–Trinajstić information content (AvgIpc) is 3.12. The van der Waals surface area contributed by atoms with Crippen molar-refractivity contribution in [1.29, 1.82) is 0 Å². The third-order valence-corrected chi connectivity index (χ3v) is 4.51. The van der Waals surface area contributed by atoms with Gasteiger partial charge in [0.05, 0.1) is 11.3 Å². The Balaban J connectivity index is 2.17. The summed E-state index contributed by atoms with van der Waals surface area (Å²) in [5.74, 6) is -1.54. The van der Waals surface area contributed by atoms with Gasteiger partial charge in [0, 0.05) is 11.1 Å². The molecule has 0 aliphatic heterocycles. The van der Waals surface area contributed by atoms with E-state index in [2.05, 4.69) is 10.1 Å². The number of fused-ring (bicyclic) bond motifs is 1. The van der Waals surface area contributed by atoms with Crippen molar-refractivity contribution in [2.75, 3.05) is 0 Å². The zero-order valence-corrected chi connectivity index (χ0v) is 15.1. The highest BCUT2D eigenvalue weighted by molar-refractivity contribution is 6.02. The summed E-state index contributed by atoms with van der Waals surface area (Å²) in [4.78, 5) is 27.6. The molecule has 1 N–H and O–H groups in total. The van der Waals surface area contributed by atoms with Gasteiger partial charge in [-0.05, 0) is 11.6 Å². The Morgan fingerprint density at radius 1 is 1.03 bits per heavy atom. The standard InChI is InChI=1S/C21H12F3N3O3/c22-21(23,24)16-10-15(12-6-2-1-3-7-12)25-19-17(18(20(29)30)26-27(16)19)14-9-5-4-8-13(14)11-28/h1-11H,(H,29,30). The molecular formula is C21H12F3N3O3. The van der Waals surface area contributed by atoms with E-state index < -0.39 is 23.5 Å². The van der Waals surface area contributed by atoms with Crippen molar-refractivity contribution in [3.05, 3.63) is 77.6 Å². The highest BCUT2D eigenvalue weighted by Crippen LogP contribution is 2.37. The van der Waals surface area contributed by atoms with Crippen molar-refractivity contribution in [3.8, 4) is 22.4 Å². The summed E-state index contributed by atoms with van der Waals surface area (Å²) in [6.07, 6.45) is -4.33. The van der Waals surface area contributed by atoms with E-state index in [0.29, 0.717) is 16.4 Å². The molecule has 9 heteroatoms. The fraction of sp³-hybridized carbons (Fsp3) is 0.0476. The van der Waals surface area contributed by atoms with Gasteiger partial charge in [-0.2, -0.15) is 18.3 Å². The summed E-state index contributed by atoms with van der Waals surface area (Å²) in [5, 5.41) is 13.3. The lowest BCUT2D eigenvalue weighted by Crippen LogP contribution is -2.14. The highest BCUT2D eigenvalue weighted by Gasteiger charge is 2.37. The van der Waals surface area contributed by atoms with Gasteiger partial charge in [-0.3, -0.25) is 4.79 Å². The second-order valence-electron chi connectivity index (χ2n) is 6.36. The lowest BCUT2D eigenvalue weighted by molar-refractivity contribution is -0.142. The van der Waals surface area contributed by atoms with Crippen molar-refractivity contribution in [1.82, 2.24) is 14.6 Å². The zero-order valence-electron chi connectivity index (χ0n) is 15.1. The maximum absolute atomic E-state index is 13.8. The quantitative estimate of drug-likeness (QED) is 0.497. The molecule has 0 aliphatic rings. The summed E-state index contributed by atoms with van der Waals surface area (Å²) >= 11 is 0. The zero-order chi connectivity index (χ0) is 21.5. The van der Waals surface area contributed by atoms with Crippen LogP contribution in [0.2, 0.25) is 0 Å². The lowest BCUT2D eigenvalue weighted by atomic mass is 10.00.